The van der Waals surface area contributed by atoms with Crippen LogP contribution in [0.15, 0.2) is 42.5 Å². The van der Waals surface area contributed by atoms with Crippen LogP contribution >= 0.6 is 0 Å². The predicted octanol–water partition coefficient (Wildman–Crippen LogP) is 6.67. The highest BCUT2D eigenvalue weighted by atomic mass is 19.1. The minimum Gasteiger partial charge on any atom is -0.206 e. The molecule has 0 atom stereocenters. The van der Waals surface area contributed by atoms with Crippen molar-refractivity contribution in [3.8, 4) is 23.7 Å². The van der Waals surface area contributed by atoms with Crippen molar-refractivity contribution in [2.75, 3.05) is 0 Å². The summed E-state index contributed by atoms with van der Waals surface area (Å²) in [6.45, 7) is 4.08. The molecule has 0 amide bonds. The molecule has 1 aliphatic rings. The second kappa shape index (κ2) is 9.43. The Balaban J connectivity index is 1.68. The van der Waals surface area contributed by atoms with E-state index in [-0.39, 0.29) is 5.82 Å². The number of halogens is 1. The fraction of sp³-hybridized carbons (Fsp3) is 0.385. The van der Waals surface area contributed by atoms with Gasteiger partial charge in [0, 0.05) is 11.1 Å². The van der Waals surface area contributed by atoms with E-state index in [1.807, 2.05) is 37.3 Å². The summed E-state index contributed by atoms with van der Waals surface area (Å²) in [5, 5.41) is 0. The summed E-state index contributed by atoms with van der Waals surface area (Å²) < 4.78 is 14.5. The van der Waals surface area contributed by atoms with E-state index in [1.54, 1.807) is 6.07 Å². The summed E-state index contributed by atoms with van der Waals surface area (Å²) >= 11 is 0. The third-order valence-electron chi connectivity index (χ3n) is 5.50. The van der Waals surface area contributed by atoms with Gasteiger partial charge in [-0.3, -0.25) is 0 Å². The van der Waals surface area contributed by atoms with Gasteiger partial charge in [0.05, 0.1) is 5.56 Å². The highest BCUT2D eigenvalue weighted by Crippen LogP contribution is 2.37. The van der Waals surface area contributed by atoms with Crippen molar-refractivity contribution in [2.24, 2.45) is 5.92 Å². The molecule has 0 bridgehead atoms. The molecule has 0 spiro atoms. The van der Waals surface area contributed by atoms with Crippen LogP contribution < -0.4 is 0 Å². The van der Waals surface area contributed by atoms with Gasteiger partial charge in [-0.15, -0.1) is 5.92 Å². The summed E-state index contributed by atoms with van der Waals surface area (Å²) in [4.78, 5) is 0. The molecule has 1 saturated carbocycles. The van der Waals surface area contributed by atoms with Crippen LogP contribution in [0.5, 0.6) is 0 Å². The molecular weight excluding hydrogens is 331 g/mol. The van der Waals surface area contributed by atoms with E-state index in [9.17, 15) is 4.39 Å². The molecule has 3 rings (SSSR count). The Kier molecular flexibility index (Phi) is 6.73. The Morgan fingerprint density at radius 2 is 1.56 bits per heavy atom. The smallest absolute Gasteiger partial charge is 0.139 e. The average molecular weight is 359 g/mol. The molecular formula is C26H27F. The van der Waals surface area contributed by atoms with Crippen molar-refractivity contribution >= 4 is 0 Å². The molecule has 0 heterocycles. The molecule has 0 aromatic heterocycles. The average Bonchev–Trinajstić information content (AvgIpc) is 2.69. The summed E-state index contributed by atoms with van der Waals surface area (Å²) in [6.07, 6.45) is 7.53. The van der Waals surface area contributed by atoms with Gasteiger partial charge < -0.3 is 0 Å². The first-order valence-electron chi connectivity index (χ1n) is 10.0. The lowest BCUT2D eigenvalue weighted by atomic mass is 9.77. The van der Waals surface area contributed by atoms with Crippen LogP contribution in [0.4, 0.5) is 4.39 Å². The van der Waals surface area contributed by atoms with Gasteiger partial charge in [-0.2, -0.15) is 0 Å². The van der Waals surface area contributed by atoms with Crippen LogP contribution in [-0.2, 0) is 0 Å². The largest absolute Gasteiger partial charge is 0.206 e. The molecule has 0 radical (unpaired) electrons. The number of benzene rings is 2. The standard InChI is InChI=1S/C26H27F/c1-3-5-20-7-9-22(10-8-20)13-16-24-17-18-25(19-26(24)27)23-14-11-21(6-4-2)12-15-23/h7-10,17-19,21,23H,4,6,11-12,14-15H2,1-2H3/t21-,23-. The van der Waals surface area contributed by atoms with Gasteiger partial charge in [-0.1, -0.05) is 43.6 Å². The predicted molar refractivity (Wildman–Crippen MR) is 111 cm³/mol. The van der Waals surface area contributed by atoms with Crippen LogP contribution in [-0.4, -0.2) is 0 Å². The zero-order valence-corrected chi connectivity index (χ0v) is 16.3. The van der Waals surface area contributed by atoms with E-state index in [2.05, 4.69) is 36.7 Å². The Bertz CT molecular complexity index is 876. The van der Waals surface area contributed by atoms with Gasteiger partial charge in [-0.05, 0) is 86.4 Å². The van der Waals surface area contributed by atoms with Crippen molar-refractivity contribution in [2.45, 2.75) is 58.3 Å². The van der Waals surface area contributed by atoms with Crippen LogP contribution in [0.2, 0.25) is 0 Å². The minimum atomic E-state index is -0.204. The summed E-state index contributed by atoms with van der Waals surface area (Å²) in [6, 6.07) is 13.3. The van der Waals surface area contributed by atoms with Gasteiger partial charge in [0.1, 0.15) is 5.82 Å². The van der Waals surface area contributed by atoms with Crippen LogP contribution in [0.3, 0.4) is 0 Å². The zero-order valence-electron chi connectivity index (χ0n) is 16.3. The molecule has 1 heteroatoms. The van der Waals surface area contributed by atoms with Gasteiger partial charge in [0.25, 0.3) is 0 Å². The Hall–Kier alpha value is -2.51. The molecule has 2 aromatic rings. The normalized spacial score (nSPS) is 18.8. The van der Waals surface area contributed by atoms with E-state index < -0.39 is 0 Å². The second-order valence-electron chi connectivity index (χ2n) is 7.45. The van der Waals surface area contributed by atoms with Crippen LogP contribution in [0.25, 0.3) is 0 Å². The van der Waals surface area contributed by atoms with Crippen molar-refractivity contribution in [3.05, 3.63) is 70.5 Å². The molecule has 2 aromatic carbocycles. The summed E-state index contributed by atoms with van der Waals surface area (Å²) in [5.74, 6) is 13.1. The van der Waals surface area contributed by atoms with E-state index in [1.165, 1.54) is 38.5 Å². The fourth-order valence-corrected chi connectivity index (χ4v) is 4.00. The molecule has 138 valence electrons. The van der Waals surface area contributed by atoms with E-state index in [4.69, 9.17) is 0 Å². The third kappa shape index (κ3) is 5.24. The maximum Gasteiger partial charge on any atom is 0.139 e. The van der Waals surface area contributed by atoms with E-state index >= 15 is 0 Å². The third-order valence-corrected chi connectivity index (χ3v) is 5.50. The SMILES string of the molecule is CC#Cc1ccc(C#Cc2ccc([C@H]3CC[C@H](CCC)CC3)cc2F)cc1. The minimum absolute atomic E-state index is 0.204. The van der Waals surface area contributed by atoms with Gasteiger partial charge in [-0.25, -0.2) is 4.39 Å². The van der Waals surface area contributed by atoms with E-state index in [0.29, 0.717) is 11.5 Å². The number of hydrogen-bond donors (Lipinski definition) is 0. The zero-order chi connectivity index (χ0) is 19.1. The van der Waals surface area contributed by atoms with Gasteiger partial charge in [0.15, 0.2) is 0 Å². The summed E-state index contributed by atoms with van der Waals surface area (Å²) in [7, 11) is 0. The molecule has 1 fully saturated rings. The van der Waals surface area contributed by atoms with E-state index in [0.717, 1.165) is 22.6 Å². The first kappa shape index (κ1) is 19.3. The highest BCUT2D eigenvalue weighted by molar-refractivity contribution is 5.46. The summed E-state index contributed by atoms with van der Waals surface area (Å²) in [5.41, 5.74) is 3.44. The Labute approximate surface area is 163 Å². The quantitative estimate of drug-likeness (QED) is 0.537. The second-order valence-corrected chi connectivity index (χ2v) is 7.45. The first-order valence-corrected chi connectivity index (χ1v) is 10.0. The first-order chi connectivity index (χ1) is 13.2. The molecule has 1 aliphatic carbocycles. The Morgan fingerprint density at radius 1 is 0.889 bits per heavy atom. The van der Waals surface area contributed by atoms with Crippen molar-refractivity contribution < 1.29 is 4.39 Å². The fourth-order valence-electron chi connectivity index (χ4n) is 4.00. The van der Waals surface area contributed by atoms with Crippen molar-refractivity contribution in [3.63, 3.8) is 0 Å². The Morgan fingerprint density at radius 3 is 2.15 bits per heavy atom. The monoisotopic (exact) mass is 358 g/mol. The van der Waals surface area contributed by atoms with Crippen LogP contribution in [0.1, 0.15) is 80.5 Å². The van der Waals surface area contributed by atoms with Crippen molar-refractivity contribution in [1.82, 2.24) is 0 Å². The molecule has 0 nitrogen and oxygen atoms in total. The highest BCUT2D eigenvalue weighted by Gasteiger charge is 2.22. The maximum atomic E-state index is 14.5. The maximum absolute atomic E-state index is 14.5. The molecule has 0 aliphatic heterocycles. The lowest BCUT2D eigenvalue weighted by Gasteiger charge is -2.28. The number of rotatable bonds is 3. The molecule has 27 heavy (non-hydrogen) atoms. The van der Waals surface area contributed by atoms with Gasteiger partial charge in [0.2, 0.25) is 0 Å². The molecule has 0 unspecified atom stereocenters. The lowest BCUT2D eigenvalue weighted by Crippen LogP contribution is -2.13. The van der Waals surface area contributed by atoms with Gasteiger partial charge >= 0.3 is 0 Å². The molecule has 0 saturated heterocycles. The van der Waals surface area contributed by atoms with Crippen molar-refractivity contribution in [1.29, 1.82) is 0 Å². The topological polar surface area (TPSA) is 0 Å². The lowest BCUT2D eigenvalue weighted by molar-refractivity contribution is 0.308. The van der Waals surface area contributed by atoms with Crippen LogP contribution in [0, 0.1) is 35.4 Å². The molecule has 0 N–H and O–H groups in total. The number of hydrogen-bond acceptors (Lipinski definition) is 0.